The van der Waals surface area contributed by atoms with E-state index in [9.17, 15) is 9.50 Å². The van der Waals surface area contributed by atoms with E-state index in [1.165, 1.54) is 50.7 Å². The van der Waals surface area contributed by atoms with Gasteiger partial charge >= 0.3 is 0 Å². The standard InChI is InChI=1S/C16H23FO/c17-16-9-7-13(8-10-16)11-15(12-18)14-5-3-1-2-4-6-14/h7-10,14-15,18H,1-6,11-12H2. The molecule has 1 nitrogen and oxygen atoms in total. The molecule has 0 amide bonds. The van der Waals surface area contributed by atoms with E-state index in [1.54, 1.807) is 0 Å². The zero-order valence-electron chi connectivity index (χ0n) is 10.9. The number of halogens is 1. The lowest BCUT2D eigenvalue weighted by Gasteiger charge is -2.24. The van der Waals surface area contributed by atoms with Crippen LogP contribution in [0.3, 0.4) is 0 Å². The molecule has 0 radical (unpaired) electrons. The highest BCUT2D eigenvalue weighted by molar-refractivity contribution is 5.16. The van der Waals surface area contributed by atoms with Crippen molar-refractivity contribution in [3.63, 3.8) is 0 Å². The van der Waals surface area contributed by atoms with Crippen LogP contribution in [-0.4, -0.2) is 11.7 Å². The van der Waals surface area contributed by atoms with E-state index in [1.807, 2.05) is 12.1 Å². The number of hydrogen-bond acceptors (Lipinski definition) is 1. The lowest BCUT2D eigenvalue weighted by atomic mass is 9.82. The van der Waals surface area contributed by atoms with Crippen LogP contribution in [-0.2, 0) is 6.42 Å². The minimum absolute atomic E-state index is 0.186. The first-order valence-electron chi connectivity index (χ1n) is 7.15. The number of hydrogen-bond donors (Lipinski definition) is 1. The van der Waals surface area contributed by atoms with Crippen molar-refractivity contribution >= 4 is 0 Å². The summed E-state index contributed by atoms with van der Waals surface area (Å²) in [5.74, 6) is 0.796. The lowest BCUT2D eigenvalue weighted by Crippen LogP contribution is -2.20. The smallest absolute Gasteiger partial charge is 0.123 e. The van der Waals surface area contributed by atoms with Gasteiger partial charge in [0.2, 0.25) is 0 Å². The third kappa shape index (κ3) is 3.81. The zero-order valence-corrected chi connectivity index (χ0v) is 10.9. The molecule has 1 N–H and O–H groups in total. The Bertz CT molecular complexity index is 339. The van der Waals surface area contributed by atoms with Crippen molar-refractivity contribution < 1.29 is 9.50 Å². The first-order chi connectivity index (χ1) is 8.79. The third-order valence-corrected chi connectivity index (χ3v) is 4.21. The Morgan fingerprint density at radius 1 is 1.06 bits per heavy atom. The third-order valence-electron chi connectivity index (χ3n) is 4.21. The van der Waals surface area contributed by atoms with E-state index < -0.39 is 0 Å². The molecule has 0 aliphatic heterocycles. The van der Waals surface area contributed by atoms with Gasteiger partial charge in [0.05, 0.1) is 0 Å². The predicted octanol–water partition coefficient (Wildman–Crippen LogP) is 3.95. The summed E-state index contributed by atoms with van der Waals surface area (Å²) in [6, 6.07) is 6.71. The molecule has 0 saturated heterocycles. The van der Waals surface area contributed by atoms with Gasteiger partial charge in [-0.05, 0) is 36.0 Å². The molecule has 1 aliphatic rings. The average Bonchev–Trinajstić information content (AvgIpc) is 2.67. The molecule has 0 bridgehead atoms. The molecular formula is C16H23FO. The quantitative estimate of drug-likeness (QED) is 0.802. The van der Waals surface area contributed by atoms with Gasteiger partial charge < -0.3 is 5.11 Å². The van der Waals surface area contributed by atoms with Gasteiger partial charge in [0.1, 0.15) is 5.82 Å². The molecule has 1 saturated carbocycles. The van der Waals surface area contributed by atoms with E-state index in [0.29, 0.717) is 11.8 Å². The van der Waals surface area contributed by atoms with Gasteiger partial charge in [-0.2, -0.15) is 0 Å². The number of benzene rings is 1. The van der Waals surface area contributed by atoms with Crippen LogP contribution in [0, 0.1) is 17.7 Å². The Balaban J connectivity index is 1.97. The summed E-state index contributed by atoms with van der Waals surface area (Å²) >= 11 is 0. The van der Waals surface area contributed by atoms with E-state index >= 15 is 0 Å². The summed E-state index contributed by atoms with van der Waals surface area (Å²) in [5, 5.41) is 9.61. The summed E-state index contributed by atoms with van der Waals surface area (Å²) in [7, 11) is 0. The van der Waals surface area contributed by atoms with Crippen LogP contribution in [0.5, 0.6) is 0 Å². The van der Waals surface area contributed by atoms with Gasteiger partial charge in [-0.3, -0.25) is 0 Å². The Labute approximate surface area is 109 Å². The molecule has 0 aromatic heterocycles. The highest BCUT2D eigenvalue weighted by Gasteiger charge is 2.22. The van der Waals surface area contributed by atoms with Crippen LogP contribution in [0.4, 0.5) is 4.39 Å². The van der Waals surface area contributed by atoms with Crippen molar-refractivity contribution in [3.8, 4) is 0 Å². The van der Waals surface area contributed by atoms with Crippen molar-refractivity contribution in [3.05, 3.63) is 35.6 Å². The summed E-state index contributed by atoms with van der Waals surface area (Å²) in [6.45, 7) is 0.252. The second kappa shape index (κ2) is 6.89. The van der Waals surface area contributed by atoms with E-state index in [2.05, 4.69) is 0 Å². The minimum Gasteiger partial charge on any atom is -0.396 e. The lowest BCUT2D eigenvalue weighted by molar-refractivity contribution is 0.163. The van der Waals surface area contributed by atoms with Crippen molar-refractivity contribution in [2.45, 2.75) is 44.9 Å². The van der Waals surface area contributed by atoms with E-state index in [-0.39, 0.29) is 12.4 Å². The molecule has 18 heavy (non-hydrogen) atoms. The molecule has 0 heterocycles. The molecule has 0 spiro atoms. The van der Waals surface area contributed by atoms with Crippen LogP contribution < -0.4 is 0 Å². The molecule has 1 unspecified atom stereocenters. The maximum Gasteiger partial charge on any atom is 0.123 e. The highest BCUT2D eigenvalue weighted by atomic mass is 19.1. The highest BCUT2D eigenvalue weighted by Crippen LogP contribution is 2.30. The van der Waals surface area contributed by atoms with Crippen LogP contribution in [0.25, 0.3) is 0 Å². The Morgan fingerprint density at radius 2 is 1.67 bits per heavy atom. The number of aliphatic hydroxyl groups is 1. The van der Waals surface area contributed by atoms with Gasteiger partial charge in [0, 0.05) is 6.61 Å². The summed E-state index contributed by atoms with van der Waals surface area (Å²) < 4.78 is 12.9. The van der Waals surface area contributed by atoms with Crippen molar-refractivity contribution in [2.75, 3.05) is 6.61 Å². The SMILES string of the molecule is OCC(Cc1ccc(F)cc1)C1CCCCCC1. The fourth-order valence-corrected chi connectivity index (χ4v) is 3.09. The van der Waals surface area contributed by atoms with Gasteiger partial charge in [-0.15, -0.1) is 0 Å². The maximum absolute atomic E-state index is 12.9. The molecule has 2 heteroatoms. The van der Waals surface area contributed by atoms with Gasteiger partial charge in [0.15, 0.2) is 0 Å². The topological polar surface area (TPSA) is 20.2 Å². The van der Waals surface area contributed by atoms with Crippen molar-refractivity contribution in [1.29, 1.82) is 0 Å². The zero-order chi connectivity index (χ0) is 12.8. The molecule has 1 fully saturated rings. The van der Waals surface area contributed by atoms with E-state index in [0.717, 1.165) is 12.0 Å². The molecule has 1 atom stereocenters. The Hall–Kier alpha value is -0.890. The molecule has 1 aromatic rings. The summed E-state index contributed by atoms with van der Waals surface area (Å²) in [6.07, 6.45) is 8.63. The van der Waals surface area contributed by atoms with E-state index in [4.69, 9.17) is 0 Å². The van der Waals surface area contributed by atoms with Crippen molar-refractivity contribution in [2.24, 2.45) is 11.8 Å². The van der Waals surface area contributed by atoms with Crippen molar-refractivity contribution in [1.82, 2.24) is 0 Å². The normalized spacial score (nSPS) is 19.4. The fourth-order valence-electron chi connectivity index (χ4n) is 3.09. The maximum atomic E-state index is 12.9. The Morgan fingerprint density at radius 3 is 2.22 bits per heavy atom. The van der Waals surface area contributed by atoms with Crippen LogP contribution in [0.2, 0.25) is 0 Å². The predicted molar refractivity (Wildman–Crippen MR) is 71.9 cm³/mol. The first kappa shape index (κ1) is 13.5. The number of aliphatic hydroxyl groups excluding tert-OH is 1. The molecule has 1 aromatic carbocycles. The van der Waals surface area contributed by atoms with Crippen LogP contribution in [0.1, 0.15) is 44.1 Å². The number of rotatable bonds is 4. The fraction of sp³-hybridized carbons (Fsp3) is 0.625. The van der Waals surface area contributed by atoms with Gasteiger partial charge in [0.25, 0.3) is 0 Å². The molecule has 100 valence electrons. The summed E-state index contributed by atoms with van der Waals surface area (Å²) in [4.78, 5) is 0. The molecular weight excluding hydrogens is 227 g/mol. The minimum atomic E-state index is -0.186. The van der Waals surface area contributed by atoms with Crippen LogP contribution in [0.15, 0.2) is 24.3 Å². The monoisotopic (exact) mass is 250 g/mol. The molecule has 2 rings (SSSR count). The summed E-state index contributed by atoms with van der Waals surface area (Å²) in [5.41, 5.74) is 1.14. The second-order valence-electron chi connectivity index (χ2n) is 5.52. The average molecular weight is 250 g/mol. The largest absolute Gasteiger partial charge is 0.396 e. The molecule has 1 aliphatic carbocycles. The first-order valence-corrected chi connectivity index (χ1v) is 7.15. The Kier molecular flexibility index (Phi) is 5.18. The van der Waals surface area contributed by atoms with Crippen LogP contribution >= 0.6 is 0 Å². The second-order valence-corrected chi connectivity index (χ2v) is 5.52. The van der Waals surface area contributed by atoms with Gasteiger partial charge in [-0.1, -0.05) is 50.7 Å². The van der Waals surface area contributed by atoms with Gasteiger partial charge in [-0.25, -0.2) is 4.39 Å².